The van der Waals surface area contributed by atoms with Crippen LogP contribution in [0.25, 0.3) is 0 Å². The molecular formula is C23H23ClN2O6. The number of carboxylic acids is 1. The van der Waals surface area contributed by atoms with Gasteiger partial charge in [0, 0.05) is 23.3 Å². The van der Waals surface area contributed by atoms with Crippen LogP contribution in [0.2, 0.25) is 5.02 Å². The summed E-state index contributed by atoms with van der Waals surface area (Å²) in [4.78, 5) is 38.4. The van der Waals surface area contributed by atoms with Crippen molar-refractivity contribution in [2.24, 2.45) is 0 Å². The van der Waals surface area contributed by atoms with E-state index in [1.54, 1.807) is 54.4 Å². The van der Waals surface area contributed by atoms with Gasteiger partial charge in [-0.25, -0.2) is 0 Å². The Balaban J connectivity index is 1.53. The van der Waals surface area contributed by atoms with E-state index in [-0.39, 0.29) is 30.9 Å². The molecule has 0 aliphatic carbocycles. The lowest BCUT2D eigenvalue weighted by Gasteiger charge is -2.42. The summed E-state index contributed by atoms with van der Waals surface area (Å²) >= 11 is 5.87. The first-order valence-corrected chi connectivity index (χ1v) is 10.7. The molecule has 1 fully saturated rings. The molecule has 2 aromatic carbocycles. The van der Waals surface area contributed by atoms with Gasteiger partial charge in [0.2, 0.25) is 0 Å². The molecule has 0 unspecified atom stereocenters. The minimum Gasteiger partial charge on any atom is -0.490 e. The van der Waals surface area contributed by atoms with Gasteiger partial charge in [0.25, 0.3) is 11.8 Å². The fraction of sp³-hybridized carbons (Fsp3) is 0.348. The van der Waals surface area contributed by atoms with Crippen molar-refractivity contribution in [3.63, 3.8) is 0 Å². The summed E-state index contributed by atoms with van der Waals surface area (Å²) < 4.78 is 11.8. The quantitative estimate of drug-likeness (QED) is 0.727. The van der Waals surface area contributed by atoms with E-state index in [4.69, 9.17) is 26.2 Å². The van der Waals surface area contributed by atoms with Crippen LogP contribution in [-0.4, -0.2) is 59.7 Å². The Morgan fingerprint density at radius 1 is 1.19 bits per heavy atom. The summed E-state index contributed by atoms with van der Waals surface area (Å²) in [5, 5.41) is 12.4. The van der Waals surface area contributed by atoms with Gasteiger partial charge in [-0.1, -0.05) is 11.6 Å². The third-order valence-corrected chi connectivity index (χ3v) is 6.03. The smallest absolute Gasteiger partial charge is 0.305 e. The van der Waals surface area contributed by atoms with Crippen molar-refractivity contribution in [1.29, 1.82) is 0 Å². The maximum Gasteiger partial charge on any atom is 0.305 e. The number of halogens is 1. The SMILES string of the molecule is CN1C(=O)c2cc(NC(=O)c3ccc(Cl)cc3)ccc2OC[C@@H]2O[C@@H](CC(=O)O)CC[C@H]21. The van der Waals surface area contributed by atoms with Crippen LogP contribution in [0, 0.1) is 0 Å². The van der Waals surface area contributed by atoms with Crippen LogP contribution in [-0.2, 0) is 9.53 Å². The number of hydrogen-bond acceptors (Lipinski definition) is 5. The lowest BCUT2D eigenvalue weighted by atomic mass is 9.94. The lowest BCUT2D eigenvalue weighted by molar-refractivity contribution is -0.148. The molecule has 2 aliphatic rings. The van der Waals surface area contributed by atoms with Gasteiger partial charge < -0.3 is 24.8 Å². The maximum absolute atomic E-state index is 13.2. The van der Waals surface area contributed by atoms with Gasteiger partial charge >= 0.3 is 5.97 Å². The molecule has 2 heterocycles. The molecule has 32 heavy (non-hydrogen) atoms. The van der Waals surface area contributed by atoms with Crippen LogP contribution < -0.4 is 10.1 Å². The standard InChI is InChI=1S/C23H23ClN2O6/c1-26-18-8-7-16(11-21(27)28)32-20(18)12-31-19-9-6-15(10-17(19)23(26)30)25-22(29)13-2-4-14(24)5-3-13/h2-6,9-10,16,18,20H,7-8,11-12H2,1H3,(H,25,29)(H,27,28)/t16-,18-,20+/m1/s1. The van der Waals surface area contributed by atoms with Crippen LogP contribution in [0.1, 0.15) is 40.0 Å². The summed E-state index contributed by atoms with van der Waals surface area (Å²) in [6.45, 7) is 0.196. The van der Waals surface area contributed by atoms with E-state index in [0.717, 1.165) is 0 Å². The number of benzene rings is 2. The predicted molar refractivity (Wildman–Crippen MR) is 117 cm³/mol. The number of aliphatic carboxylic acids is 1. The first-order chi connectivity index (χ1) is 15.3. The van der Waals surface area contributed by atoms with Crippen molar-refractivity contribution >= 4 is 35.1 Å². The summed E-state index contributed by atoms with van der Waals surface area (Å²) in [7, 11) is 1.70. The summed E-state index contributed by atoms with van der Waals surface area (Å²) in [6, 6.07) is 11.2. The number of nitrogens with zero attached hydrogens (tertiary/aromatic N) is 1. The minimum atomic E-state index is -0.914. The summed E-state index contributed by atoms with van der Waals surface area (Å²) in [5.74, 6) is -1.10. The van der Waals surface area contributed by atoms with Crippen LogP contribution >= 0.6 is 11.6 Å². The normalized spacial score (nSPS) is 22.6. The Kier molecular flexibility index (Phi) is 6.34. The number of ether oxygens (including phenoxy) is 2. The monoisotopic (exact) mass is 458 g/mol. The van der Waals surface area contributed by atoms with Gasteiger partial charge in [0.15, 0.2) is 0 Å². The lowest BCUT2D eigenvalue weighted by Crippen LogP contribution is -2.53. The number of anilines is 1. The van der Waals surface area contributed by atoms with Crippen LogP contribution in [0.3, 0.4) is 0 Å². The van der Waals surface area contributed by atoms with Gasteiger partial charge in [0.05, 0.1) is 24.1 Å². The van der Waals surface area contributed by atoms with E-state index in [2.05, 4.69) is 5.32 Å². The highest BCUT2D eigenvalue weighted by molar-refractivity contribution is 6.30. The second kappa shape index (κ2) is 9.18. The van der Waals surface area contributed by atoms with E-state index in [1.807, 2.05) is 0 Å². The topological polar surface area (TPSA) is 105 Å². The largest absolute Gasteiger partial charge is 0.490 e. The molecule has 0 spiro atoms. The zero-order valence-corrected chi connectivity index (χ0v) is 18.2. The molecule has 8 nitrogen and oxygen atoms in total. The number of rotatable bonds is 4. The van der Waals surface area contributed by atoms with E-state index < -0.39 is 18.2 Å². The van der Waals surface area contributed by atoms with Crippen molar-refractivity contribution < 1.29 is 29.0 Å². The van der Waals surface area contributed by atoms with Crippen LogP contribution in [0.4, 0.5) is 5.69 Å². The second-order valence-corrected chi connectivity index (χ2v) is 8.37. The molecule has 4 rings (SSSR count). The third-order valence-electron chi connectivity index (χ3n) is 5.78. The summed E-state index contributed by atoms with van der Waals surface area (Å²) in [6.07, 6.45) is 0.282. The van der Waals surface area contributed by atoms with E-state index in [1.165, 1.54) is 0 Å². The van der Waals surface area contributed by atoms with Gasteiger partial charge in [-0.2, -0.15) is 0 Å². The number of hydrogen-bond donors (Lipinski definition) is 2. The highest BCUT2D eigenvalue weighted by atomic mass is 35.5. The number of nitrogens with one attached hydrogen (secondary N) is 1. The number of fused-ring (bicyclic) bond motifs is 2. The molecule has 2 aliphatic heterocycles. The average molecular weight is 459 g/mol. The second-order valence-electron chi connectivity index (χ2n) is 7.94. The molecule has 1 saturated heterocycles. The van der Waals surface area contributed by atoms with Crippen LogP contribution in [0.15, 0.2) is 42.5 Å². The van der Waals surface area contributed by atoms with Gasteiger partial charge in [-0.3, -0.25) is 14.4 Å². The van der Waals surface area contributed by atoms with Crippen molar-refractivity contribution in [3.05, 3.63) is 58.6 Å². The summed E-state index contributed by atoms with van der Waals surface area (Å²) in [5.41, 5.74) is 1.25. The number of likely N-dealkylation sites (N-methyl/N-ethyl adjacent to an activating group) is 1. The molecule has 0 bridgehead atoms. The molecule has 2 amide bonds. The highest BCUT2D eigenvalue weighted by Gasteiger charge is 2.39. The molecule has 0 aromatic heterocycles. The first kappa shape index (κ1) is 22.1. The molecule has 2 aromatic rings. The van der Waals surface area contributed by atoms with Crippen molar-refractivity contribution in [2.75, 3.05) is 19.0 Å². The molecule has 2 N–H and O–H groups in total. The fourth-order valence-corrected chi connectivity index (χ4v) is 4.23. The molecule has 0 radical (unpaired) electrons. The Morgan fingerprint density at radius 2 is 1.94 bits per heavy atom. The third kappa shape index (κ3) is 4.71. The fourth-order valence-electron chi connectivity index (χ4n) is 4.10. The Bertz CT molecular complexity index is 1040. The zero-order valence-electron chi connectivity index (χ0n) is 17.4. The Morgan fingerprint density at radius 3 is 2.66 bits per heavy atom. The first-order valence-electron chi connectivity index (χ1n) is 10.3. The van der Waals surface area contributed by atoms with E-state index in [0.29, 0.717) is 40.4 Å². The van der Waals surface area contributed by atoms with Crippen molar-refractivity contribution in [3.8, 4) is 5.75 Å². The Labute approximate surface area is 190 Å². The molecule has 0 saturated carbocycles. The minimum absolute atomic E-state index is 0.0753. The molecule has 9 heteroatoms. The molecular weight excluding hydrogens is 436 g/mol. The number of carboxylic acid groups (broad SMARTS) is 1. The Hall–Kier alpha value is -3.10. The van der Waals surface area contributed by atoms with E-state index >= 15 is 0 Å². The van der Waals surface area contributed by atoms with Crippen LogP contribution in [0.5, 0.6) is 5.75 Å². The van der Waals surface area contributed by atoms with Gasteiger partial charge in [-0.15, -0.1) is 0 Å². The van der Waals surface area contributed by atoms with Gasteiger partial charge in [-0.05, 0) is 55.3 Å². The number of amides is 2. The maximum atomic E-state index is 13.2. The van der Waals surface area contributed by atoms with E-state index in [9.17, 15) is 14.4 Å². The predicted octanol–water partition coefficient (Wildman–Crippen LogP) is 3.45. The highest BCUT2D eigenvalue weighted by Crippen LogP contribution is 2.32. The average Bonchev–Trinajstić information content (AvgIpc) is 2.76. The molecule has 168 valence electrons. The van der Waals surface area contributed by atoms with Crippen molar-refractivity contribution in [1.82, 2.24) is 4.90 Å². The zero-order chi connectivity index (χ0) is 22.8. The number of carbonyl (C=O) groups is 3. The number of carbonyl (C=O) groups excluding carboxylic acids is 2. The van der Waals surface area contributed by atoms with Gasteiger partial charge in [0.1, 0.15) is 18.5 Å². The molecule has 3 atom stereocenters. The van der Waals surface area contributed by atoms with Crippen molar-refractivity contribution in [2.45, 2.75) is 37.5 Å².